The van der Waals surface area contributed by atoms with Crippen LogP contribution >= 0.6 is 0 Å². The van der Waals surface area contributed by atoms with Gasteiger partial charge in [0.15, 0.2) is 0 Å². The fraction of sp³-hybridized carbons (Fsp3) is 0.222. The Morgan fingerprint density at radius 2 is 2.31 bits per heavy atom. The summed E-state index contributed by atoms with van der Waals surface area (Å²) in [6.07, 6.45) is 1.71. The van der Waals surface area contributed by atoms with Crippen LogP contribution in [0.1, 0.15) is 0 Å². The Hall–Kier alpha value is -1.55. The van der Waals surface area contributed by atoms with Crippen molar-refractivity contribution in [2.45, 2.75) is 6.54 Å². The van der Waals surface area contributed by atoms with Crippen LogP contribution in [0.5, 0.6) is 0 Å². The Labute approximate surface area is 75.6 Å². The molecule has 0 aliphatic rings. The lowest BCUT2D eigenvalue weighted by Crippen LogP contribution is -1.99. The van der Waals surface area contributed by atoms with Gasteiger partial charge < -0.3 is 15.4 Å². The molecule has 0 fully saturated rings. The first-order valence-electron chi connectivity index (χ1n) is 4.12. The molecule has 1 heterocycles. The lowest BCUT2D eigenvalue weighted by Gasteiger charge is -2.00. The third-order valence-electron chi connectivity index (χ3n) is 1.99. The third kappa shape index (κ3) is 1.36. The molecule has 4 nitrogen and oxygen atoms in total. The van der Waals surface area contributed by atoms with Crippen molar-refractivity contribution >= 4 is 16.7 Å². The molecule has 1 aromatic heterocycles. The number of nitrogens with zero attached hydrogens (tertiary/aromatic N) is 2. The van der Waals surface area contributed by atoms with Crippen molar-refractivity contribution in [3.63, 3.8) is 0 Å². The van der Waals surface area contributed by atoms with Crippen LogP contribution in [0.3, 0.4) is 0 Å². The van der Waals surface area contributed by atoms with Crippen molar-refractivity contribution < 1.29 is 5.11 Å². The number of aliphatic hydroxyl groups excluding tert-OH is 1. The van der Waals surface area contributed by atoms with E-state index in [0.29, 0.717) is 12.2 Å². The van der Waals surface area contributed by atoms with E-state index in [1.165, 1.54) is 0 Å². The molecule has 2 rings (SSSR count). The van der Waals surface area contributed by atoms with Crippen LogP contribution in [0.25, 0.3) is 11.0 Å². The monoisotopic (exact) mass is 177 g/mol. The van der Waals surface area contributed by atoms with Crippen molar-refractivity contribution in [2.75, 3.05) is 12.3 Å². The summed E-state index contributed by atoms with van der Waals surface area (Å²) in [4.78, 5) is 4.17. The van der Waals surface area contributed by atoms with Gasteiger partial charge >= 0.3 is 0 Å². The molecule has 0 radical (unpaired) electrons. The maximum absolute atomic E-state index is 8.78. The number of hydrogen-bond donors (Lipinski definition) is 2. The zero-order chi connectivity index (χ0) is 9.26. The van der Waals surface area contributed by atoms with Crippen molar-refractivity contribution in [1.82, 2.24) is 9.55 Å². The summed E-state index contributed by atoms with van der Waals surface area (Å²) < 4.78 is 1.90. The van der Waals surface area contributed by atoms with E-state index < -0.39 is 0 Å². The van der Waals surface area contributed by atoms with Gasteiger partial charge in [-0.15, -0.1) is 0 Å². The van der Waals surface area contributed by atoms with Gasteiger partial charge in [0.05, 0.1) is 24.0 Å². The van der Waals surface area contributed by atoms with Gasteiger partial charge in [-0.2, -0.15) is 0 Å². The highest BCUT2D eigenvalue weighted by molar-refractivity contribution is 5.78. The fourth-order valence-corrected chi connectivity index (χ4v) is 1.37. The Morgan fingerprint density at radius 3 is 3.08 bits per heavy atom. The number of imidazole rings is 1. The average molecular weight is 177 g/mol. The molecular weight excluding hydrogens is 166 g/mol. The molecule has 0 saturated carbocycles. The number of nitrogens with two attached hydrogens (primary N) is 1. The number of fused-ring (bicyclic) bond motifs is 1. The number of nitrogen functional groups attached to an aromatic ring is 1. The van der Waals surface area contributed by atoms with Crippen LogP contribution in [-0.4, -0.2) is 21.3 Å². The van der Waals surface area contributed by atoms with Gasteiger partial charge in [0.1, 0.15) is 0 Å². The van der Waals surface area contributed by atoms with Crippen molar-refractivity contribution in [3.8, 4) is 0 Å². The summed E-state index contributed by atoms with van der Waals surface area (Å²) in [5.41, 5.74) is 8.19. The largest absolute Gasteiger partial charge is 0.399 e. The lowest BCUT2D eigenvalue weighted by atomic mass is 10.3. The van der Waals surface area contributed by atoms with Gasteiger partial charge in [-0.1, -0.05) is 0 Å². The van der Waals surface area contributed by atoms with E-state index in [1.807, 2.05) is 22.8 Å². The van der Waals surface area contributed by atoms with Crippen LogP contribution in [0, 0.1) is 0 Å². The SMILES string of the molecule is Nc1ccc2c(c1)ncn2CCO. The molecule has 0 atom stereocenters. The second-order valence-electron chi connectivity index (χ2n) is 2.91. The molecule has 0 aliphatic carbocycles. The first-order chi connectivity index (χ1) is 6.31. The summed E-state index contributed by atoms with van der Waals surface area (Å²) in [7, 11) is 0. The zero-order valence-corrected chi connectivity index (χ0v) is 7.14. The Morgan fingerprint density at radius 1 is 1.46 bits per heavy atom. The smallest absolute Gasteiger partial charge is 0.0959 e. The molecule has 0 saturated heterocycles. The molecule has 0 amide bonds. The fourth-order valence-electron chi connectivity index (χ4n) is 1.37. The molecule has 0 aliphatic heterocycles. The van der Waals surface area contributed by atoms with Gasteiger partial charge in [0.25, 0.3) is 0 Å². The molecule has 2 aromatic rings. The second kappa shape index (κ2) is 3.06. The molecule has 0 spiro atoms. The molecule has 4 heteroatoms. The molecular formula is C9H11N3O. The summed E-state index contributed by atoms with van der Waals surface area (Å²) >= 11 is 0. The van der Waals surface area contributed by atoms with Crippen LogP contribution in [0.4, 0.5) is 5.69 Å². The van der Waals surface area contributed by atoms with Gasteiger partial charge in [-0.25, -0.2) is 4.98 Å². The topological polar surface area (TPSA) is 64.1 Å². The molecule has 0 bridgehead atoms. The van der Waals surface area contributed by atoms with Gasteiger partial charge in [0.2, 0.25) is 0 Å². The third-order valence-corrected chi connectivity index (χ3v) is 1.99. The number of rotatable bonds is 2. The quantitative estimate of drug-likeness (QED) is 0.660. The van der Waals surface area contributed by atoms with E-state index in [0.717, 1.165) is 11.0 Å². The van der Waals surface area contributed by atoms with Gasteiger partial charge in [0, 0.05) is 12.2 Å². The Bertz CT molecular complexity index is 422. The summed E-state index contributed by atoms with van der Waals surface area (Å²) in [6, 6.07) is 5.56. The number of aromatic nitrogens is 2. The molecule has 1 aromatic carbocycles. The molecule has 0 unspecified atom stereocenters. The van der Waals surface area contributed by atoms with Gasteiger partial charge in [-0.3, -0.25) is 0 Å². The second-order valence-corrected chi connectivity index (χ2v) is 2.91. The highest BCUT2D eigenvalue weighted by Crippen LogP contribution is 2.15. The summed E-state index contributed by atoms with van der Waals surface area (Å²) in [5, 5.41) is 8.78. The minimum absolute atomic E-state index is 0.121. The number of benzene rings is 1. The van der Waals surface area contributed by atoms with E-state index in [9.17, 15) is 0 Å². The van der Waals surface area contributed by atoms with Crippen molar-refractivity contribution in [2.24, 2.45) is 0 Å². The van der Waals surface area contributed by atoms with Crippen molar-refractivity contribution in [1.29, 1.82) is 0 Å². The molecule has 68 valence electrons. The Balaban J connectivity index is 2.55. The van der Waals surface area contributed by atoms with E-state index in [-0.39, 0.29) is 6.61 Å². The molecule has 13 heavy (non-hydrogen) atoms. The van der Waals surface area contributed by atoms with Crippen LogP contribution in [-0.2, 0) is 6.54 Å². The summed E-state index contributed by atoms with van der Waals surface area (Å²) in [6.45, 7) is 0.691. The minimum atomic E-state index is 0.121. The first-order valence-corrected chi connectivity index (χ1v) is 4.12. The van der Waals surface area contributed by atoms with Gasteiger partial charge in [-0.05, 0) is 18.2 Å². The molecule has 3 N–H and O–H groups in total. The van der Waals surface area contributed by atoms with E-state index in [1.54, 1.807) is 6.33 Å². The van der Waals surface area contributed by atoms with Crippen LogP contribution in [0.2, 0.25) is 0 Å². The highest BCUT2D eigenvalue weighted by Gasteiger charge is 2.00. The Kier molecular flexibility index (Phi) is 1.90. The maximum Gasteiger partial charge on any atom is 0.0959 e. The average Bonchev–Trinajstić information content (AvgIpc) is 2.49. The van der Waals surface area contributed by atoms with Crippen LogP contribution in [0.15, 0.2) is 24.5 Å². The van der Waals surface area contributed by atoms with E-state index in [4.69, 9.17) is 10.8 Å². The number of hydrogen-bond acceptors (Lipinski definition) is 3. The predicted octanol–water partition coefficient (Wildman–Crippen LogP) is 0.611. The normalized spacial score (nSPS) is 10.8. The zero-order valence-electron chi connectivity index (χ0n) is 7.14. The van der Waals surface area contributed by atoms with Crippen molar-refractivity contribution in [3.05, 3.63) is 24.5 Å². The highest BCUT2D eigenvalue weighted by atomic mass is 16.3. The van der Waals surface area contributed by atoms with E-state index in [2.05, 4.69) is 4.98 Å². The number of anilines is 1. The first kappa shape index (κ1) is 8.07. The van der Waals surface area contributed by atoms with Crippen LogP contribution < -0.4 is 5.73 Å². The standard InChI is InChI=1S/C9H11N3O/c10-7-1-2-9-8(5-7)11-6-12(9)3-4-13/h1-2,5-6,13H,3-4,10H2. The minimum Gasteiger partial charge on any atom is -0.399 e. The maximum atomic E-state index is 8.78. The predicted molar refractivity (Wildman–Crippen MR) is 51.2 cm³/mol. The lowest BCUT2D eigenvalue weighted by molar-refractivity contribution is 0.278. The summed E-state index contributed by atoms with van der Waals surface area (Å²) in [5.74, 6) is 0. The van der Waals surface area contributed by atoms with E-state index >= 15 is 0 Å². The number of aliphatic hydroxyl groups is 1.